The zero-order valence-corrected chi connectivity index (χ0v) is 21.8. The van der Waals surface area contributed by atoms with Gasteiger partial charge in [0.25, 0.3) is 0 Å². The van der Waals surface area contributed by atoms with Gasteiger partial charge in [-0.2, -0.15) is 0 Å². The Morgan fingerprint density at radius 1 is 1.11 bits per heavy atom. The van der Waals surface area contributed by atoms with Crippen LogP contribution in [0.25, 0.3) is 0 Å². The number of rotatable bonds is 8. The minimum absolute atomic E-state index is 0.0149. The summed E-state index contributed by atoms with van der Waals surface area (Å²) in [5, 5.41) is 8.94. The number of fused-ring (bicyclic) bond motifs is 2. The summed E-state index contributed by atoms with van der Waals surface area (Å²) in [5.74, 6) is 0.353. The summed E-state index contributed by atoms with van der Waals surface area (Å²) < 4.78 is 41.0. The number of benzene rings is 2. The molecule has 1 unspecified atom stereocenters. The van der Waals surface area contributed by atoms with Gasteiger partial charge in [-0.1, -0.05) is 18.2 Å². The molecule has 0 fully saturated rings. The summed E-state index contributed by atoms with van der Waals surface area (Å²) in [5.41, 5.74) is 4.23. The molecule has 0 spiro atoms. The summed E-state index contributed by atoms with van der Waals surface area (Å²) in [4.78, 5) is 15.2. The molecule has 2 aliphatic carbocycles. The van der Waals surface area contributed by atoms with Gasteiger partial charge in [-0.05, 0) is 101 Å². The molecule has 2 aromatic carbocycles. The number of aliphatic carboxylic acids is 1. The van der Waals surface area contributed by atoms with Crippen molar-refractivity contribution in [3.63, 3.8) is 0 Å². The van der Waals surface area contributed by atoms with Crippen LogP contribution in [0.4, 0.5) is 0 Å². The van der Waals surface area contributed by atoms with Crippen LogP contribution in [0.2, 0.25) is 0 Å². The van der Waals surface area contributed by atoms with Crippen molar-refractivity contribution in [1.82, 2.24) is 9.71 Å². The third-order valence-corrected chi connectivity index (χ3v) is 8.50. The van der Waals surface area contributed by atoms with Crippen LogP contribution in [0.3, 0.4) is 0 Å². The molecule has 0 saturated carbocycles. The van der Waals surface area contributed by atoms with Gasteiger partial charge in [0.15, 0.2) is 6.61 Å². The molecule has 2 aliphatic rings. The first-order valence-corrected chi connectivity index (χ1v) is 14.0. The van der Waals surface area contributed by atoms with Crippen molar-refractivity contribution in [1.29, 1.82) is 0 Å². The van der Waals surface area contributed by atoms with Crippen molar-refractivity contribution in [2.75, 3.05) is 6.61 Å². The molecule has 5 rings (SSSR count). The second-order valence-corrected chi connectivity index (χ2v) is 11.5. The second kappa shape index (κ2) is 10.2. The lowest BCUT2D eigenvalue weighted by Gasteiger charge is -2.27. The summed E-state index contributed by atoms with van der Waals surface area (Å²) >= 11 is 3.40. The molecule has 2 N–H and O–H groups in total. The van der Waals surface area contributed by atoms with E-state index in [4.69, 9.17) is 14.6 Å². The van der Waals surface area contributed by atoms with Crippen molar-refractivity contribution in [2.45, 2.75) is 49.5 Å². The summed E-state index contributed by atoms with van der Waals surface area (Å²) in [7, 11) is -3.89. The van der Waals surface area contributed by atoms with Gasteiger partial charge < -0.3 is 14.6 Å². The largest absolute Gasteiger partial charge is 0.482 e. The van der Waals surface area contributed by atoms with E-state index in [2.05, 4.69) is 31.7 Å². The lowest BCUT2D eigenvalue weighted by atomic mass is 9.87. The van der Waals surface area contributed by atoms with E-state index in [1.54, 1.807) is 12.1 Å². The maximum absolute atomic E-state index is 13.2. The maximum atomic E-state index is 13.2. The number of sulfonamides is 1. The number of aryl methyl sites for hydroxylation is 2. The van der Waals surface area contributed by atoms with Gasteiger partial charge in [-0.25, -0.2) is 22.9 Å². The smallest absolute Gasteiger partial charge is 0.341 e. The molecule has 0 saturated heterocycles. The highest BCUT2D eigenvalue weighted by atomic mass is 79.9. The molecule has 3 aromatic rings. The Balaban J connectivity index is 1.34. The first-order chi connectivity index (χ1) is 17.3. The zero-order valence-electron chi connectivity index (χ0n) is 19.4. The second-order valence-electron chi connectivity index (χ2n) is 8.92. The number of carbonyl (C=O) groups is 1. The van der Waals surface area contributed by atoms with E-state index in [0.29, 0.717) is 28.8 Å². The Morgan fingerprint density at radius 3 is 2.75 bits per heavy atom. The van der Waals surface area contributed by atoms with Gasteiger partial charge in [0.05, 0.1) is 10.7 Å². The van der Waals surface area contributed by atoms with Crippen LogP contribution in [0, 0.1) is 0 Å². The fraction of sp³-hybridized carbons (Fsp3) is 0.308. The Kier molecular flexibility index (Phi) is 7.00. The molecule has 8 nitrogen and oxygen atoms in total. The Hall–Kier alpha value is -2.95. The lowest BCUT2D eigenvalue weighted by Crippen LogP contribution is -2.31. The molecule has 0 bridgehead atoms. The summed E-state index contributed by atoms with van der Waals surface area (Å²) in [6.45, 7) is -0.452. The molecular formula is C26H25BrN2O6S. The highest BCUT2D eigenvalue weighted by Gasteiger charge is 2.28. The average molecular weight is 573 g/mol. The minimum atomic E-state index is -3.89. The number of nitrogens with one attached hydrogen (secondary N) is 1. The third kappa shape index (κ3) is 5.25. The van der Waals surface area contributed by atoms with Gasteiger partial charge in [0, 0.05) is 6.04 Å². The quantitative estimate of drug-likeness (QED) is 0.392. The number of hydrogen-bond donors (Lipinski definition) is 2. The standard InChI is InChI=1S/C26H25BrN2O6S/c27-22-13-19(14-28-26(22)35-18-11-10-16-4-1-5-17(16)12-18)36(32,33)29-23-8-2-7-21-20(23)6-3-9-24(21)34-15-25(30)31/h3,6,9-14,23,29H,1-2,4-5,7-8,15H2,(H,30,31). The van der Waals surface area contributed by atoms with Crippen LogP contribution in [0.1, 0.15) is 47.6 Å². The van der Waals surface area contributed by atoms with E-state index in [9.17, 15) is 13.2 Å². The number of carboxylic acids is 1. The van der Waals surface area contributed by atoms with Gasteiger partial charge in [0.1, 0.15) is 16.4 Å². The molecule has 188 valence electrons. The van der Waals surface area contributed by atoms with Crippen LogP contribution in [0.5, 0.6) is 17.4 Å². The molecule has 0 aliphatic heterocycles. The fourth-order valence-corrected chi connectivity index (χ4v) is 6.62. The van der Waals surface area contributed by atoms with Gasteiger partial charge in [-0.15, -0.1) is 0 Å². The zero-order chi connectivity index (χ0) is 25.3. The van der Waals surface area contributed by atoms with Crippen molar-refractivity contribution in [2.24, 2.45) is 0 Å². The fourth-order valence-electron chi connectivity index (χ4n) is 4.82. The normalized spacial score (nSPS) is 16.8. The molecule has 1 aromatic heterocycles. The monoisotopic (exact) mass is 572 g/mol. The first-order valence-electron chi connectivity index (χ1n) is 11.7. The molecule has 1 heterocycles. The molecule has 0 radical (unpaired) electrons. The van der Waals surface area contributed by atoms with Crippen molar-refractivity contribution >= 4 is 31.9 Å². The van der Waals surface area contributed by atoms with E-state index in [-0.39, 0.29) is 10.8 Å². The molecule has 36 heavy (non-hydrogen) atoms. The van der Waals surface area contributed by atoms with Crippen molar-refractivity contribution in [3.8, 4) is 17.4 Å². The minimum Gasteiger partial charge on any atom is -0.482 e. The SMILES string of the molecule is O=C(O)COc1cccc2c1CCCC2NS(=O)(=O)c1cnc(Oc2ccc3c(c2)CCC3)c(Br)c1. The number of hydrogen-bond acceptors (Lipinski definition) is 6. The van der Waals surface area contributed by atoms with Crippen LogP contribution in [-0.2, 0) is 34.1 Å². The van der Waals surface area contributed by atoms with Gasteiger partial charge in [-0.3, -0.25) is 0 Å². The number of aromatic nitrogens is 1. The summed E-state index contributed by atoms with van der Waals surface area (Å²) in [6, 6.07) is 12.3. The predicted octanol–water partition coefficient (Wildman–Crippen LogP) is 4.94. The molecular weight excluding hydrogens is 548 g/mol. The van der Waals surface area contributed by atoms with Crippen molar-refractivity contribution < 1.29 is 27.8 Å². The lowest BCUT2D eigenvalue weighted by molar-refractivity contribution is -0.139. The van der Waals surface area contributed by atoms with Crippen LogP contribution < -0.4 is 14.2 Å². The summed E-state index contributed by atoms with van der Waals surface area (Å²) in [6.07, 6.45) is 6.58. The maximum Gasteiger partial charge on any atom is 0.341 e. The van der Waals surface area contributed by atoms with Gasteiger partial charge >= 0.3 is 5.97 Å². The number of nitrogens with zero attached hydrogens (tertiary/aromatic N) is 1. The Labute approximate surface area is 217 Å². The highest BCUT2D eigenvalue weighted by molar-refractivity contribution is 9.10. The van der Waals surface area contributed by atoms with Crippen LogP contribution in [-0.4, -0.2) is 31.1 Å². The topological polar surface area (TPSA) is 115 Å². The Bertz CT molecular complexity index is 1430. The third-order valence-electron chi connectivity index (χ3n) is 6.49. The highest BCUT2D eigenvalue weighted by Crippen LogP contribution is 2.37. The Morgan fingerprint density at radius 2 is 1.94 bits per heavy atom. The first kappa shape index (κ1) is 24.7. The van der Waals surface area contributed by atoms with Crippen LogP contribution >= 0.6 is 15.9 Å². The van der Waals surface area contributed by atoms with E-state index in [1.807, 2.05) is 18.2 Å². The van der Waals surface area contributed by atoms with E-state index in [0.717, 1.165) is 36.8 Å². The molecule has 0 amide bonds. The number of carboxylic acid groups (broad SMARTS) is 1. The van der Waals surface area contributed by atoms with E-state index >= 15 is 0 Å². The predicted molar refractivity (Wildman–Crippen MR) is 136 cm³/mol. The average Bonchev–Trinajstić information content (AvgIpc) is 3.32. The number of ether oxygens (including phenoxy) is 2. The number of pyridine rings is 1. The van der Waals surface area contributed by atoms with Gasteiger partial charge in [0.2, 0.25) is 15.9 Å². The van der Waals surface area contributed by atoms with E-state index in [1.165, 1.54) is 23.4 Å². The van der Waals surface area contributed by atoms with E-state index < -0.39 is 28.6 Å². The molecule has 10 heteroatoms. The van der Waals surface area contributed by atoms with Crippen LogP contribution in [0.15, 0.2) is 58.0 Å². The molecule has 1 atom stereocenters. The van der Waals surface area contributed by atoms with Crippen molar-refractivity contribution in [3.05, 3.63) is 75.4 Å². The number of halogens is 1.